The first-order chi connectivity index (χ1) is 25.0. The number of hydrogen-bond donors (Lipinski definition) is 2. The van der Waals surface area contributed by atoms with Gasteiger partial charge in [0.05, 0.1) is 54.5 Å². The van der Waals surface area contributed by atoms with Crippen LogP contribution in [-0.2, 0) is 19.1 Å². The molecule has 1 aliphatic carbocycles. The summed E-state index contributed by atoms with van der Waals surface area (Å²) in [7, 11) is 1.37. The molecule has 2 amide bonds. The summed E-state index contributed by atoms with van der Waals surface area (Å²) in [4.78, 5) is 60.0. The van der Waals surface area contributed by atoms with Gasteiger partial charge in [0.1, 0.15) is 11.6 Å². The third-order valence-electron chi connectivity index (χ3n) is 11.7. The van der Waals surface area contributed by atoms with E-state index in [-0.39, 0.29) is 54.2 Å². The Labute approximate surface area is 306 Å². The van der Waals surface area contributed by atoms with E-state index in [2.05, 4.69) is 35.7 Å². The number of likely N-dealkylation sites (tertiary alicyclic amines) is 2. The SMILES string of the molecule is COC(=O)C[C@H](C(=O)N1[C@@H]2CC[C@@H](C2)[C@H]1c1nc2ccc(C#Cc3ccc(-c4cnc([C@@H]5CCCN5C(=O)[C@@H](C)C(C)C)[nH]4)cc3)cc2[nH]1)C(C)C. The van der Waals surface area contributed by atoms with Crippen molar-refractivity contribution in [2.75, 3.05) is 13.7 Å². The molecule has 2 N–H and O–H groups in total. The van der Waals surface area contributed by atoms with Gasteiger partial charge in [-0.15, -0.1) is 0 Å². The molecular formula is C42H50N6O4. The largest absolute Gasteiger partial charge is 0.469 e. The van der Waals surface area contributed by atoms with Crippen LogP contribution in [0.3, 0.4) is 0 Å². The third kappa shape index (κ3) is 6.85. The summed E-state index contributed by atoms with van der Waals surface area (Å²) in [5, 5.41) is 0. The number of nitrogens with zero attached hydrogens (tertiary/aromatic N) is 4. The zero-order chi connectivity index (χ0) is 36.7. The van der Waals surface area contributed by atoms with Crippen LogP contribution < -0.4 is 0 Å². The van der Waals surface area contributed by atoms with Crippen LogP contribution in [0.25, 0.3) is 22.3 Å². The maximum Gasteiger partial charge on any atom is 0.306 e. The molecule has 2 aliphatic heterocycles. The number of methoxy groups -OCH3 is 1. The number of carbonyl (C=O) groups is 3. The standard InChI is InChI=1S/C42H50N6O4/c1-24(2)26(5)41(50)47-19-7-8-36(47)39-43-23-35(46-39)29-14-11-27(12-15-29)9-10-28-13-18-33-34(20-28)45-40(44-33)38-30-16-17-31(21-30)48(38)42(51)32(25(3)4)22-37(49)52-6/h11-15,18,20,23-26,30-32,36,38H,7-8,16-17,19,21-22H2,1-6H3,(H,43,46)(H,44,45)/t26-,30-,31+,32-,36-,38-/m0/s1. The van der Waals surface area contributed by atoms with Gasteiger partial charge in [-0.1, -0.05) is 58.6 Å². The molecule has 1 saturated carbocycles. The average Bonchev–Trinajstić information content (AvgIpc) is 3.99. The van der Waals surface area contributed by atoms with Crippen molar-refractivity contribution in [1.29, 1.82) is 0 Å². The topological polar surface area (TPSA) is 124 Å². The molecule has 0 unspecified atom stereocenters. The van der Waals surface area contributed by atoms with Crippen LogP contribution in [0.4, 0.5) is 0 Å². The molecule has 2 bridgehead atoms. The van der Waals surface area contributed by atoms with Crippen molar-refractivity contribution in [2.24, 2.45) is 29.6 Å². The van der Waals surface area contributed by atoms with Crippen molar-refractivity contribution in [3.63, 3.8) is 0 Å². The van der Waals surface area contributed by atoms with E-state index in [9.17, 15) is 14.4 Å². The third-order valence-corrected chi connectivity index (χ3v) is 11.7. The Bertz CT molecular complexity index is 2020. The molecule has 3 aliphatic rings. The second-order valence-electron chi connectivity index (χ2n) is 15.6. The molecule has 3 fully saturated rings. The van der Waals surface area contributed by atoms with Crippen LogP contribution in [0.1, 0.15) is 108 Å². The van der Waals surface area contributed by atoms with Gasteiger partial charge >= 0.3 is 5.97 Å². The number of aromatic amines is 2. The fourth-order valence-electron chi connectivity index (χ4n) is 8.36. The Balaban J connectivity index is 1.05. The maximum absolute atomic E-state index is 14.0. The van der Waals surface area contributed by atoms with E-state index in [1.54, 1.807) is 0 Å². The number of fused-ring (bicyclic) bond motifs is 3. The Kier molecular flexibility index (Phi) is 9.97. The zero-order valence-electron chi connectivity index (χ0n) is 31.1. The number of H-pyrrole nitrogens is 2. The lowest BCUT2D eigenvalue weighted by Gasteiger charge is -2.37. The zero-order valence-corrected chi connectivity index (χ0v) is 31.1. The lowest BCUT2D eigenvalue weighted by atomic mass is 9.89. The van der Waals surface area contributed by atoms with E-state index in [4.69, 9.17) is 14.7 Å². The highest BCUT2D eigenvalue weighted by molar-refractivity contribution is 5.85. The van der Waals surface area contributed by atoms with Gasteiger partial charge < -0.3 is 24.5 Å². The molecule has 2 aromatic carbocycles. The van der Waals surface area contributed by atoms with Crippen molar-refractivity contribution < 1.29 is 19.1 Å². The molecule has 2 saturated heterocycles. The van der Waals surface area contributed by atoms with Crippen molar-refractivity contribution in [3.8, 4) is 23.1 Å². The maximum atomic E-state index is 14.0. The first-order valence-electron chi connectivity index (χ1n) is 18.9. The Morgan fingerprint density at radius 1 is 0.904 bits per heavy atom. The van der Waals surface area contributed by atoms with Gasteiger partial charge in [-0.25, -0.2) is 9.97 Å². The van der Waals surface area contributed by atoms with E-state index >= 15 is 0 Å². The number of aromatic nitrogens is 4. The molecule has 7 rings (SSSR count). The van der Waals surface area contributed by atoms with Gasteiger partial charge in [0.15, 0.2) is 0 Å². The Hall–Kier alpha value is -4.91. The second-order valence-corrected chi connectivity index (χ2v) is 15.6. The predicted molar refractivity (Wildman–Crippen MR) is 199 cm³/mol. The van der Waals surface area contributed by atoms with Crippen molar-refractivity contribution >= 4 is 28.8 Å². The molecule has 6 atom stereocenters. The highest BCUT2D eigenvalue weighted by Gasteiger charge is 2.51. The second kappa shape index (κ2) is 14.6. The Morgan fingerprint density at radius 3 is 2.38 bits per heavy atom. The number of rotatable bonds is 9. The average molecular weight is 703 g/mol. The highest BCUT2D eigenvalue weighted by atomic mass is 16.5. The fourth-order valence-corrected chi connectivity index (χ4v) is 8.36. The lowest BCUT2D eigenvalue weighted by Crippen LogP contribution is -2.45. The quantitative estimate of drug-likeness (QED) is 0.141. The molecule has 2 aromatic heterocycles. The van der Waals surface area contributed by atoms with E-state index in [1.165, 1.54) is 7.11 Å². The number of esters is 1. The number of imidazole rings is 2. The molecule has 52 heavy (non-hydrogen) atoms. The minimum absolute atomic E-state index is 0.0123. The summed E-state index contributed by atoms with van der Waals surface area (Å²) < 4.78 is 4.92. The molecule has 10 nitrogen and oxygen atoms in total. The summed E-state index contributed by atoms with van der Waals surface area (Å²) in [6.45, 7) is 11.0. The Morgan fingerprint density at radius 2 is 1.65 bits per heavy atom. The number of hydrogen-bond acceptors (Lipinski definition) is 6. The summed E-state index contributed by atoms with van der Waals surface area (Å²) >= 11 is 0. The molecule has 272 valence electrons. The van der Waals surface area contributed by atoms with Gasteiger partial charge in [-0.05, 0) is 85.8 Å². The summed E-state index contributed by atoms with van der Waals surface area (Å²) in [6, 6.07) is 14.1. The van der Waals surface area contributed by atoms with E-state index in [0.717, 1.165) is 83.7 Å². The van der Waals surface area contributed by atoms with Crippen LogP contribution in [0.2, 0.25) is 0 Å². The van der Waals surface area contributed by atoms with E-state index in [1.807, 2.05) is 79.2 Å². The molecular weight excluding hydrogens is 652 g/mol. The van der Waals surface area contributed by atoms with Gasteiger partial charge in [0.25, 0.3) is 0 Å². The van der Waals surface area contributed by atoms with Crippen molar-refractivity contribution in [3.05, 3.63) is 71.4 Å². The number of carbonyl (C=O) groups excluding carboxylic acids is 3. The minimum Gasteiger partial charge on any atom is -0.469 e. The number of piperidine rings is 1. The fraction of sp³-hybridized carbons (Fsp3) is 0.500. The number of nitrogens with one attached hydrogen (secondary N) is 2. The van der Waals surface area contributed by atoms with E-state index in [0.29, 0.717) is 11.8 Å². The van der Waals surface area contributed by atoms with E-state index < -0.39 is 5.92 Å². The van der Waals surface area contributed by atoms with Crippen LogP contribution in [0.15, 0.2) is 48.7 Å². The van der Waals surface area contributed by atoms with Crippen molar-refractivity contribution in [2.45, 2.75) is 91.3 Å². The van der Waals surface area contributed by atoms with Crippen LogP contribution >= 0.6 is 0 Å². The summed E-state index contributed by atoms with van der Waals surface area (Å²) in [6.07, 6.45) is 6.86. The van der Waals surface area contributed by atoms with Crippen LogP contribution in [0, 0.1) is 41.4 Å². The molecule has 4 aromatic rings. The van der Waals surface area contributed by atoms with Crippen LogP contribution in [0.5, 0.6) is 0 Å². The summed E-state index contributed by atoms with van der Waals surface area (Å²) in [5.74, 6) is 8.34. The summed E-state index contributed by atoms with van der Waals surface area (Å²) in [5.41, 5.74) is 5.43. The number of amides is 2. The van der Waals surface area contributed by atoms with Gasteiger partial charge in [0, 0.05) is 29.6 Å². The molecule has 0 radical (unpaired) electrons. The normalized spacial score (nSPS) is 22.2. The number of ether oxygens (including phenoxy) is 1. The first kappa shape index (κ1) is 35.5. The highest BCUT2D eigenvalue weighted by Crippen LogP contribution is 2.50. The van der Waals surface area contributed by atoms with Gasteiger partial charge in [-0.3, -0.25) is 14.4 Å². The molecule has 0 spiro atoms. The van der Waals surface area contributed by atoms with Gasteiger partial charge in [-0.2, -0.15) is 0 Å². The lowest BCUT2D eigenvalue weighted by molar-refractivity contribution is -0.150. The number of benzene rings is 2. The first-order valence-corrected chi connectivity index (χ1v) is 18.9. The molecule has 4 heterocycles. The molecule has 10 heteroatoms. The van der Waals surface area contributed by atoms with Gasteiger partial charge in [0.2, 0.25) is 11.8 Å². The van der Waals surface area contributed by atoms with Crippen LogP contribution in [-0.4, -0.2) is 67.2 Å². The smallest absolute Gasteiger partial charge is 0.306 e. The predicted octanol–water partition coefficient (Wildman–Crippen LogP) is 7.20. The minimum atomic E-state index is -0.426. The monoisotopic (exact) mass is 702 g/mol. The van der Waals surface area contributed by atoms with Crippen molar-refractivity contribution in [1.82, 2.24) is 29.7 Å².